The second-order valence-corrected chi connectivity index (χ2v) is 7.50. The molecule has 0 aliphatic carbocycles. The molecule has 0 unspecified atom stereocenters. The van der Waals surface area contributed by atoms with Gasteiger partial charge < -0.3 is 5.32 Å². The molecule has 30 heavy (non-hydrogen) atoms. The smallest absolute Gasteiger partial charge is 0.260 e. The Balaban J connectivity index is 1.62. The molecule has 0 atom stereocenters. The summed E-state index contributed by atoms with van der Waals surface area (Å²) < 4.78 is 3.46. The predicted octanol–water partition coefficient (Wildman–Crippen LogP) is 4.95. The highest BCUT2D eigenvalue weighted by Gasteiger charge is 2.23. The van der Waals surface area contributed by atoms with Crippen LogP contribution in [0.3, 0.4) is 0 Å². The van der Waals surface area contributed by atoms with E-state index >= 15 is 0 Å². The number of para-hydroxylation sites is 1. The largest absolute Gasteiger partial charge is 0.319 e. The van der Waals surface area contributed by atoms with Crippen molar-refractivity contribution in [3.05, 3.63) is 94.0 Å². The number of hydrogen-bond donors (Lipinski definition) is 1. The van der Waals surface area contributed by atoms with Crippen molar-refractivity contribution >= 4 is 23.2 Å². The third kappa shape index (κ3) is 3.74. The van der Waals surface area contributed by atoms with Crippen LogP contribution in [-0.2, 0) is 6.54 Å². The standard InChI is InChI=1S/C23H22ClN5O/c1-15-20(22(24)28(26-15)14-18-10-6-4-7-11-18)23(30)25-21-16(2)27-29(17(21)3)19-12-8-5-9-13-19/h4-13H,14H2,1-3H3,(H,25,30). The van der Waals surface area contributed by atoms with Crippen LogP contribution >= 0.6 is 11.6 Å². The van der Waals surface area contributed by atoms with Crippen molar-refractivity contribution in [1.29, 1.82) is 0 Å². The van der Waals surface area contributed by atoms with E-state index in [2.05, 4.69) is 15.5 Å². The molecule has 2 heterocycles. The molecule has 1 amide bonds. The van der Waals surface area contributed by atoms with Gasteiger partial charge in [0.25, 0.3) is 5.91 Å². The number of nitrogens with one attached hydrogen (secondary N) is 1. The second kappa shape index (κ2) is 8.16. The van der Waals surface area contributed by atoms with Gasteiger partial charge in [-0.3, -0.25) is 4.79 Å². The van der Waals surface area contributed by atoms with Crippen LogP contribution in [0.25, 0.3) is 5.69 Å². The van der Waals surface area contributed by atoms with E-state index in [1.54, 1.807) is 11.6 Å². The van der Waals surface area contributed by atoms with Crippen LogP contribution < -0.4 is 5.32 Å². The maximum absolute atomic E-state index is 13.1. The average Bonchev–Trinajstić information content (AvgIpc) is 3.19. The molecule has 0 spiro atoms. The van der Waals surface area contributed by atoms with E-state index in [-0.39, 0.29) is 5.91 Å². The zero-order valence-corrected chi connectivity index (χ0v) is 17.8. The topological polar surface area (TPSA) is 64.7 Å². The summed E-state index contributed by atoms with van der Waals surface area (Å²) in [7, 11) is 0. The first kappa shape index (κ1) is 19.9. The number of amides is 1. The number of hydrogen-bond acceptors (Lipinski definition) is 3. The van der Waals surface area contributed by atoms with E-state index < -0.39 is 0 Å². The monoisotopic (exact) mass is 419 g/mol. The Kier molecular flexibility index (Phi) is 5.42. The van der Waals surface area contributed by atoms with Crippen LogP contribution in [0, 0.1) is 20.8 Å². The fourth-order valence-electron chi connectivity index (χ4n) is 3.49. The van der Waals surface area contributed by atoms with Crippen LogP contribution in [0.4, 0.5) is 5.69 Å². The lowest BCUT2D eigenvalue weighted by atomic mass is 10.2. The summed E-state index contributed by atoms with van der Waals surface area (Å²) in [6.07, 6.45) is 0. The molecule has 0 fully saturated rings. The number of aromatic nitrogens is 4. The lowest BCUT2D eigenvalue weighted by Gasteiger charge is -2.07. The van der Waals surface area contributed by atoms with Crippen molar-refractivity contribution < 1.29 is 4.79 Å². The number of carbonyl (C=O) groups excluding carboxylic acids is 1. The number of anilines is 1. The second-order valence-electron chi connectivity index (χ2n) is 7.14. The molecule has 0 aliphatic rings. The summed E-state index contributed by atoms with van der Waals surface area (Å²) in [6, 6.07) is 19.7. The van der Waals surface area contributed by atoms with Crippen molar-refractivity contribution in [1.82, 2.24) is 19.6 Å². The van der Waals surface area contributed by atoms with Crippen molar-refractivity contribution in [3.8, 4) is 5.69 Å². The molecule has 2 aromatic heterocycles. The molecule has 0 radical (unpaired) electrons. The Morgan fingerprint density at radius 1 is 0.933 bits per heavy atom. The minimum Gasteiger partial charge on any atom is -0.319 e. The van der Waals surface area contributed by atoms with Gasteiger partial charge in [-0.05, 0) is 38.5 Å². The van der Waals surface area contributed by atoms with Crippen molar-refractivity contribution in [2.24, 2.45) is 0 Å². The van der Waals surface area contributed by atoms with Gasteiger partial charge in [-0.15, -0.1) is 0 Å². The SMILES string of the molecule is Cc1nn(-c2ccccc2)c(C)c1NC(=O)c1c(C)nn(Cc2ccccc2)c1Cl. The fourth-order valence-corrected chi connectivity index (χ4v) is 3.81. The normalized spacial score (nSPS) is 10.9. The van der Waals surface area contributed by atoms with Crippen LogP contribution in [-0.4, -0.2) is 25.5 Å². The first-order valence-corrected chi connectivity index (χ1v) is 10.0. The van der Waals surface area contributed by atoms with Gasteiger partial charge in [0.2, 0.25) is 0 Å². The predicted molar refractivity (Wildman–Crippen MR) is 119 cm³/mol. The summed E-state index contributed by atoms with van der Waals surface area (Å²) in [5.41, 5.74) is 5.20. The van der Waals surface area contributed by atoms with E-state index in [4.69, 9.17) is 11.6 Å². The zero-order chi connectivity index (χ0) is 21.3. The molecule has 0 bridgehead atoms. The van der Waals surface area contributed by atoms with Crippen molar-refractivity contribution in [2.45, 2.75) is 27.3 Å². The van der Waals surface area contributed by atoms with E-state index in [9.17, 15) is 4.79 Å². The number of nitrogens with zero attached hydrogens (tertiary/aromatic N) is 4. The molecule has 7 heteroatoms. The molecule has 1 N–H and O–H groups in total. The molecule has 4 rings (SSSR count). The number of halogens is 1. The third-order valence-corrected chi connectivity index (χ3v) is 5.38. The third-order valence-electron chi connectivity index (χ3n) is 5.00. The van der Waals surface area contributed by atoms with E-state index in [1.807, 2.05) is 79.2 Å². The molecule has 2 aromatic carbocycles. The first-order valence-electron chi connectivity index (χ1n) is 9.65. The Labute approximate surface area is 180 Å². The van der Waals surface area contributed by atoms with E-state index in [0.717, 1.165) is 22.6 Å². The Morgan fingerprint density at radius 2 is 1.57 bits per heavy atom. The molecular weight excluding hydrogens is 398 g/mol. The Hall–Kier alpha value is -3.38. The maximum atomic E-state index is 13.1. The lowest BCUT2D eigenvalue weighted by Crippen LogP contribution is -2.14. The quantitative estimate of drug-likeness (QED) is 0.497. The van der Waals surface area contributed by atoms with E-state index in [0.29, 0.717) is 28.6 Å². The lowest BCUT2D eigenvalue weighted by molar-refractivity contribution is 0.102. The maximum Gasteiger partial charge on any atom is 0.260 e. The molecule has 0 aliphatic heterocycles. The summed E-state index contributed by atoms with van der Waals surface area (Å²) in [5, 5.41) is 12.4. The van der Waals surface area contributed by atoms with Gasteiger partial charge in [0.1, 0.15) is 5.15 Å². The van der Waals surface area contributed by atoms with Gasteiger partial charge in [0, 0.05) is 0 Å². The molecular formula is C23H22ClN5O. The number of aryl methyl sites for hydroxylation is 2. The van der Waals surface area contributed by atoms with Crippen molar-refractivity contribution in [2.75, 3.05) is 5.32 Å². The Bertz CT molecular complexity index is 1200. The van der Waals surface area contributed by atoms with Gasteiger partial charge in [0.15, 0.2) is 0 Å². The highest BCUT2D eigenvalue weighted by Crippen LogP contribution is 2.26. The van der Waals surface area contributed by atoms with Crippen LogP contribution in [0.2, 0.25) is 5.15 Å². The van der Waals surface area contributed by atoms with Gasteiger partial charge >= 0.3 is 0 Å². The first-order chi connectivity index (χ1) is 14.5. The number of rotatable bonds is 5. The molecule has 0 saturated carbocycles. The van der Waals surface area contributed by atoms with Gasteiger partial charge in [-0.2, -0.15) is 10.2 Å². The zero-order valence-electron chi connectivity index (χ0n) is 17.1. The minimum absolute atomic E-state index is 0.296. The number of carbonyl (C=O) groups is 1. The van der Waals surface area contributed by atoms with Crippen LogP contribution in [0.5, 0.6) is 0 Å². The summed E-state index contributed by atoms with van der Waals surface area (Å²) in [6.45, 7) is 6.08. The van der Waals surface area contributed by atoms with Gasteiger partial charge in [0.05, 0.1) is 40.6 Å². The van der Waals surface area contributed by atoms with Gasteiger partial charge in [-0.1, -0.05) is 60.1 Å². The average molecular weight is 420 g/mol. The molecule has 152 valence electrons. The number of benzene rings is 2. The van der Waals surface area contributed by atoms with Crippen LogP contribution in [0.15, 0.2) is 60.7 Å². The van der Waals surface area contributed by atoms with Gasteiger partial charge in [-0.25, -0.2) is 9.36 Å². The van der Waals surface area contributed by atoms with Crippen molar-refractivity contribution in [3.63, 3.8) is 0 Å². The molecule has 4 aromatic rings. The van der Waals surface area contributed by atoms with Crippen LogP contribution in [0.1, 0.15) is 33.0 Å². The highest BCUT2D eigenvalue weighted by molar-refractivity contribution is 6.33. The molecule has 0 saturated heterocycles. The minimum atomic E-state index is -0.296. The summed E-state index contributed by atoms with van der Waals surface area (Å²) in [4.78, 5) is 13.1. The highest BCUT2D eigenvalue weighted by atomic mass is 35.5. The van der Waals surface area contributed by atoms with E-state index in [1.165, 1.54) is 0 Å². The molecule has 6 nitrogen and oxygen atoms in total. The fraction of sp³-hybridized carbons (Fsp3) is 0.174. The summed E-state index contributed by atoms with van der Waals surface area (Å²) in [5.74, 6) is -0.296. The Morgan fingerprint density at radius 3 is 2.23 bits per heavy atom. The summed E-state index contributed by atoms with van der Waals surface area (Å²) >= 11 is 6.54.